The van der Waals surface area contributed by atoms with Gasteiger partial charge < -0.3 is 9.64 Å². The normalized spacial score (nSPS) is 14.1. The SMILES string of the molecule is O=C(C1=CN(c2ccc(Oc3ccccc3)cc2)c2cc(F)ccc2S1(=O)=O)c1ccccc1. The first-order chi connectivity index (χ1) is 16.4. The molecular weight excluding hydrogens is 453 g/mol. The number of anilines is 2. The Morgan fingerprint density at radius 3 is 2.06 bits per heavy atom. The topological polar surface area (TPSA) is 63.7 Å². The molecule has 5 nitrogen and oxygen atoms in total. The second kappa shape index (κ2) is 8.61. The van der Waals surface area contributed by atoms with Crippen LogP contribution in [0.2, 0.25) is 0 Å². The molecule has 1 heterocycles. The van der Waals surface area contributed by atoms with E-state index in [4.69, 9.17) is 4.74 Å². The van der Waals surface area contributed by atoms with Crippen LogP contribution < -0.4 is 9.64 Å². The summed E-state index contributed by atoms with van der Waals surface area (Å²) in [7, 11) is -4.16. The summed E-state index contributed by atoms with van der Waals surface area (Å²) in [6.07, 6.45) is 1.25. The van der Waals surface area contributed by atoms with Crippen LogP contribution in [-0.4, -0.2) is 14.2 Å². The summed E-state index contributed by atoms with van der Waals surface area (Å²) >= 11 is 0. The van der Waals surface area contributed by atoms with Crippen LogP contribution in [0.4, 0.5) is 15.8 Å². The summed E-state index contributed by atoms with van der Waals surface area (Å²) in [5.74, 6) is 0.0183. The Balaban J connectivity index is 1.58. The first-order valence-corrected chi connectivity index (χ1v) is 11.9. The number of ketones is 1. The maximum absolute atomic E-state index is 14.1. The van der Waals surface area contributed by atoms with Gasteiger partial charge in [-0.25, -0.2) is 12.8 Å². The fourth-order valence-electron chi connectivity index (χ4n) is 3.71. The average Bonchev–Trinajstić information content (AvgIpc) is 2.85. The first kappa shape index (κ1) is 21.6. The van der Waals surface area contributed by atoms with Gasteiger partial charge in [-0.2, -0.15) is 0 Å². The molecule has 1 aliphatic rings. The van der Waals surface area contributed by atoms with Crippen molar-refractivity contribution in [2.75, 3.05) is 4.90 Å². The number of hydrogen-bond acceptors (Lipinski definition) is 5. The number of allylic oxidation sites excluding steroid dienone is 1. The van der Waals surface area contributed by atoms with Crippen molar-refractivity contribution in [2.45, 2.75) is 4.90 Å². The molecule has 0 aliphatic carbocycles. The quantitative estimate of drug-likeness (QED) is 0.254. The third kappa shape index (κ3) is 3.97. The van der Waals surface area contributed by atoms with E-state index < -0.39 is 21.4 Å². The van der Waals surface area contributed by atoms with Crippen LogP contribution in [0.1, 0.15) is 10.4 Å². The Bertz CT molecular complexity index is 1500. The molecule has 0 saturated carbocycles. The predicted octanol–water partition coefficient (Wildman–Crippen LogP) is 6.27. The monoisotopic (exact) mass is 471 g/mol. The smallest absolute Gasteiger partial charge is 0.214 e. The fourth-order valence-corrected chi connectivity index (χ4v) is 5.23. The molecule has 0 aromatic heterocycles. The summed E-state index contributed by atoms with van der Waals surface area (Å²) in [4.78, 5) is 14.1. The van der Waals surface area contributed by atoms with Crippen molar-refractivity contribution < 1.29 is 22.3 Å². The van der Waals surface area contributed by atoms with E-state index in [-0.39, 0.29) is 21.1 Å². The van der Waals surface area contributed by atoms with Gasteiger partial charge in [0, 0.05) is 17.5 Å². The highest BCUT2D eigenvalue weighted by Crippen LogP contribution is 2.41. The van der Waals surface area contributed by atoms with Crippen molar-refractivity contribution in [1.82, 2.24) is 0 Å². The maximum Gasteiger partial charge on any atom is 0.214 e. The van der Waals surface area contributed by atoms with Crippen molar-refractivity contribution in [3.8, 4) is 11.5 Å². The molecule has 0 N–H and O–H groups in total. The molecule has 1 aliphatic heterocycles. The summed E-state index contributed by atoms with van der Waals surface area (Å²) < 4.78 is 46.6. The number of nitrogens with zero attached hydrogens (tertiary/aromatic N) is 1. The molecule has 0 spiro atoms. The van der Waals surface area contributed by atoms with Gasteiger partial charge in [0.25, 0.3) is 0 Å². The number of halogens is 1. The molecular formula is C27H18FNO4S. The number of para-hydroxylation sites is 1. The van der Waals surface area contributed by atoms with Crippen molar-refractivity contribution in [1.29, 1.82) is 0 Å². The molecule has 0 fully saturated rings. The van der Waals surface area contributed by atoms with E-state index in [1.807, 2.05) is 30.3 Å². The van der Waals surface area contributed by atoms with Crippen molar-refractivity contribution in [3.05, 3.63) is 126 Å². The first-order valence-electron chi connectivity index (χ1n) is 10.4. The zero-order valence-corrected chi connectivity index (χ0v) is 18.6. The zero-order chi connectivity index (χ0) is 23.7. The molecule has 0 radical (unpaired) electrons. The zero-order valence-electron chi connectivity index (χ0n) is 17.8. The summed E-state index contributed by atoms with van der Waals surface area (Å²) in [6, 6.07) is 27.7. The summed E-state index contributed by atoms with van der Waals surface area (Å²) in [5, 5.41) is 0. The van der Waals surface area contributed by atoms with Crippen LogP contribution in [0.3, 0.4) is 0 Å². The van der Waals surface area contributed by atoms with Gasteiger partial charge in [-0.15, -0.1) is 0 Å². The number of benzene rings is 4. The Hall–Kier alpha value is -4.23. The highest BCUT2D eigenvalue weighted by atomic mass is 32.2. The lowest BCUT2D eigenvalue weighted by atomic mass is 10.1. The van der Waals surface area contributed by atoms with Gasteiger partial charge in [-0.1, -0.05) is 48.5 Å². The second-order valence-electron chi connectivity index (χ2n) is 7.58. The minimum Gasteiger partial charge on any atom is -0.457 e. The summed E-state index contributed by atoms with van der Waals surface area (Å²) in [5.41, 5.74) is 0.913. The number of carbonyl (C=O) groups excluding carboxylic acids is 1. The van der Waals surface area contributed by atoms with Crippen molar-refractivity contribution >= 4 is 27.0 Å². The third-order valence-corrected chi connectivity index (χ3v) is 7.15. The van der Waals surface area contributed by atoms with Gasteiger partial charge >= 0.3 is 0 Å². The molecule has 0 bridgehead atoms. The number of sulfone groups is 1. The van der Waals surface area contributed by atoms with Gasteiger partial charge in [0.2, 0.25) is 15.6 Å². The molecule has 0 amide bonds. The number of carbonyl (C=O) groups is 1. The van der Waals surface area contributed by atoms with Crippen LogP contribution in [0.15, 0.2) is 119 Å². The Morgan fingerprint density at radius 2 is 1.38 bits per heavy atom. The van der Waals surface area contributed by atoms with Gasteiger partial charge in [0.05, 0.1) is 10.6 Å². The number of ether oxygens (including phenoxy) is 1. The Labute approximate surface area is 196 Å². The van der Waals surface area contributed by atoms with Gasteiger partial charge in [0.15, 0.2) is 0 Å². The largest absolute Gasteiger partial charge is 0.457 e. The van der Waals surface area contributed by atoms with Crippen LogP contribution in [0, 0.1) is 5.82 Å². The Kier molecular flexibility index (Phi) is 5.47. The fraction of sp³-hybridized carbons (Fsp3) is 0. The summed E-state index contributed by atoms with van der Waals surface area (Å²) in [6.45, 7) is 0. The Morgan fingerprint density at radius 1 is 0.765 bits per heavy atom. The number of fused-ring (bicyclic) bond motifs is 1. The number of Topliss-reactive ketones (excluding diaryl/α,β-unsaturated/α-hetero) is 1. The second-order valence-corrected chi connectivity index (χ2v) is 9.47. The maximum atomic E-state index is 14.1. The molecule has 5 rings (SSSR count). The van der Waals surface area contributed by atoms with Gasteiger partial charge in [-0.3, -0.25) is 4.79 Å². The molecule has 168 valence electrons. The van der Waals surface area contributed by atoms with Crippen LogP contribution in [-0.2, 0) is 9.84 Å². The van der Waals surface area contributed by atoms with E-state index in [2.05, 4.69) is 0 Å². The van der Waals surface area contributed by atoms with E-state index in [1.54, 1.807) is 54.6 Å². The highest BCUT2D eigenvalue weighted by Gasteiger charge is 2.36. The molecule has 4 aromatic rings. The van der Waals surface area contributed by atoms with Crippen molar-refractivity contribution in [3.63, 3.8) is 0 Å². The lowest BCUT2D eigenvalue weighted by molar-refractivity contribution is 0.104. The molecule has 4 aromatic carbocycles. The van der Waals surface area contributed by atoms with E-state index in [0.717, 1.165) is 12.1 Å². The molecule has 34 heavy (non-hydrogen) atoms. The highest BCUT2D eigenvalue weighted by molar-refractivity contribution is 7.96. The molecule has 0 unspecified atom stereocenters. The van der Waals surface area contributed by atoms with Crippen molar-refractivity contribution in [2.24, 2.45) is 0 Å². The van der Waals surface area contributed by atoms with Crippen LogP contribution >= 0.6 is 0 Å². The minimum absolute atomic E-state index is 0.126. The lowest BCUT2D eigenvalue weighted by Gasteiger charge is -2.29. The number of rotatable bonds is 5. The van der Waals surface area contributed by atoms with E-state index in [0.29, 0.717) is 17.2 Å². The minimum atomic E-state index is -4.16. The van der Waals surface area contributed by atoms with E-state index >= 15 is 0 Å². The van der Waals surface area contributed by atoms with Crippen LogP contribution in [0.5, 0.6) is 11.5 Å². The van der Waals surface area contributed by atoms with E-state index in [1.165, 1.54) is 17.2 Å². The lowest BCUT2D eigenvalue weighted by Crippen LogP contribution is -2.26. The van der Waals surface area contributed by atoms with Crippen LogP contribution in [0.25, 0.3) is 0 Å². The molecule has 0 saturated heterocycles. The standard InChI is InChI=1S/C27H18FNO4S/c28-20-11-16-25-24(17-20)29(18-26(34(25,31)32)27(30)19-7-3-1-4-8-19)21-12-14-23(15-13-21)33-22-9-5-2-6-10-22/h1-18H. The molecule has 0 atom stereocenters. The average molecular weight is 472 g/mol. The van der Waals surface area contributed by atoms with Gasteiger partial charge in [-0.05, 0) is 54.6 Å². The third-order valence-electron chi connectivity index (χ3n) is 5.36. The number of hydrogen-bond donors (Lipinski definition) is 0. The van der Waals surface area contributed by atoms with Gasteiger partial charge in [0.1, 0.15) is 22.2 Å². The predicted molar refractivity (Wildman–Crippen MR) is 128 cm³/mol. The molecule has 7 heteroatoms. The van der Waals surface area contributed by atoms with E-state index in [9.17, 15) is 17.6 Å².